The van der Waals surface area contributed by atoms with Crippen LogP contribution in [-0.4, -0.2) is 34.3 Å². The number of pyridine rings is 1. The molecule has 23 heavy (non-hydrogen) atoms. The molecule has 1 atom stereocenters. The molecule has 0 radical (unpaired) electrons. The van der Waals surface area contributed by atoms with E-state index in [1.165, 1.54) is 32.8 Å². The molecule has 4 nitrogen and oxygen atoms in total. The van der Waals surface area contributed by atoms with Crippen LogP contribution in [-0.2, 0) is 11.2 Å². The van der Waals surface area contributed by atoms with Crippen LogP contribution in [0.25, 0.3) is 16.9 Å². The average molecular weight is 315 g/mol. The normalized spacial score (nSPS) is 17.2. The number of benzene rings is 1. The highest BCUT2D eigenvalue weighted by Gasteiger charge is 2.18. The van der Waals surface area contributed by atoms with Crippen molar-refractivity contribution < 1.29 is 15.8 Å². The van der Waals surface area contributed by atoms with Crippen molar-refractivity contribution in [3.63, 3.8) is 0 Å². The predicted molar refractivity (Wildman–Crippen MR) is 92.5 cm³/mol. The third-order valence-corrected chi connectivity index (χ3v) is 3.24. The van der Waals surface area contributed by atoms with Gasteiger partial charge in [0, 0.05) is 27.2 Å². The second kappa shape index (κ2) is 5.88. The topological polar surface area (TPSA) is 37.6 Å². The molecule has 118 valence electrons. The Morgan fingerprint density at radius 3 is 2.48 bits per heavy atom. The summed E-state index contributed by atoms with van der Waals surface area (Å²) in [6, 6.07) is -1.91. The second-order valence-corrected chi connectivity index (χ2v) is 5.37. The van der Waals surface area contributed by atoms with Gasteiger partial charge in [-0.05, 0) is 25.5 Å². The van der Waals surface area contributed by atoms with Crippen LogP contribution in [0.2, 0.25) is 0 Å². The molecule has 0 bridgehead atoms. The standard InChI is InChI=1S/C19H21N3O/c1-13-5-8-15(9-6-13)19-16(11-18(23)21(3)4)22-12-14(2)7-10-17(22)20-19/h5-10,12H,11H2,1-4H3/i5D,6D,7D,8D,9D,10D,11D,12D. The van der Waals surface area contributed by atoms with E-state index in [9.17, 15) is 4.79 Å². The molecule has 0 aliphatic carbocycles. The van der Waals surface area contributed by atoms with E-state index in [0.717, 1.165) is 4.40 Å². The predicted octanol–water partition coefficient (Wildman–Crippen LogP) is 3.25. The van der Waals surface area contributed by atoms with Crippen molar-refractivity contribution in [3.8, 4) is 11.3 Å². The van der Waals surface area contributed by atoms with E-state index in [0.29, 0.717) is 0 Å². The summed E-state index contributed by atoms with van der Waals surface area (Å²) in [7, 11) is 2.91. The van der Waals surface area contributed by atoms with E-state index in [-0.39, 0.29) is 64.1 Å². The monoisotopic (exact) mass is 315 g/mol. The summed E-state index contributed by atoms with van der Waals surface area (Å²) in [6.07, 6.45) is -1.85. The molecule has 0 N–H and O–H groups in total. The van der Waals surface area contributed by atoms with E-state index in [4.69, 9.17) is 11.0 Å². The number of nitrogens with zero attached hydrogens (tertiary/aromatic N) is 3. The van der Waals surface area contributed by atoms with Crippen LogP contribution in [0, 0.1) is 13.8 Å². The van der Waals surface area contributed by atoms with Crippen LogP contribution in [0.3, 0.4) is 0 Å². The molecule has 1 aromatic carbocycles. The van der Waals surface area contributed by atoms with Crippen molar-refractivity contribution in [3.05, 3.63) is 59.2 Å². The third kappa shape index (κ3) is 2.97. The molecular weight excluding hydrogens is 286 g/mol. The Morgan fingerprint density at radius 1 is 1.17 bits per heavy atom. The van der Waals surface area contributed by atoms with Crippen molar-refractivity contribution in [2.24, 2.45) is 0 Å². The van der Waals surface area contributed by atoms with Crippen LogP contribution in [0.15, 0.2) is 42.4 Å². The van der Waals surface area contributed by atoms with Gasteiger partial charge < -0.3 is 9.30 Å². The maximum absolute atomic E-state index is 12.7. The zero-order valence-corrected chi connectivity index (χ0v) is 13.3. The van der Waals surface area contributed by atoms with Crippen molar-refractivity contribution in [2.75, 3.05) is 14.1 Å². The van der Waals surface area contributed by atoms with E-state index in [2.05, 4.69) is 4.98 Å². The van der Waals surface area contributed by atoms with Gasteiger partial charge in [0.25, 0.3) is 0 Å². The summed E-state index contributed by atoms with van der Waals surface area (Å²) < 4.78 is 67.5. The zero-order valence-electron chi connectivity index (χ0n) is 21.3. The van der Waals surface area contributed by atoms with Gasteiger partial charge in [-0.15, -0.1) is 0 Å². The van der Waals surface area contributed by atoms with Crippen molar-refractivity contribution in [1.29, 1.82) is 0 Å². The molecule has 2 heterocycles. The first-order chi connectivity index (χ1) is 14.3. The van der Waals surface area contributed by atoms with E-state index < -0.39 is 24.4 Å². The lowest BCUT2D eigenvalue weighted by Crippen LogP contribution is -2.24. The van der Waals surface area contributed by atoms with Crippen molar-refractivity contribution in [2.45, 2.75) is 20.2 Å². The number of rotatable bonds is 3. The van der Waals surface area contributed by atoms with Gasteiger partial charge in [-0.2, -0.15) is 0 Å². The fraction of sp³-hybridized carbons (Fsp3) is 0.263. The van der Waals surface area contributed by atoms with Gasteiger partial charge in [-0.25, -0.2) is 4.98 Å². The van der Waals surface area contributed by atoms with Crippen molar-refractivity contribution >= 4 is 11.6 Å². The summed E-state index contributed by atoms with van der Waals surface area (Å²) in [5.74, 6) is -0.649. The molecule has 0 aliphatic rings. The van der Waals surface area contributed by atoms with Crippen LogP contribution in [0.5, 0.6) is 0 Å². The smallest absolute Gasteiger partial charge is 0.228 e. The molecule has 0 saturated heterocycles. The lowest BCUT2D eigenvalue weighted by molar-refractivity contribution is -0.128. The first-order valence-corrected chi connectivity index (χ1v) is 7.02. The summed E-state index contributed by atoms with van der Waals surface area (Å²) in [4.78, 5) is 18.1. The Labute approximate surface area is 147 Å². The third-order valence-electron chi connectivity index (χ3n) is 3.24. The number of hydrogen-bond acceptors (Lipinski definition) is 2. The Kier molecular flexibility index (Phi) is 2.12. The number of likely N-dealkylation sites (N-methyl/N-ethyl adjacent to an activating group) is 1. The van der Waals surface area contributed by atoms with E-state index in [1.807, 2.05) is 0 Å². The molecule has 3 aromatic rings. The summed E-state index contributed by atoms with van der Waals surface area (Å²) in [5, 5.41) is 0. The molecule has 4 heteroatoms. The second-order valence-electron chi connectivity index (χ2n) is 5.37. The average Bonchev–Trinajstić information content (AvgIpc) is 3.12. The van der Waals surface area contributed by atoms with Gasteiger partial charge in [-0.3, -0.25) is 4.79 Å². The van der Waals surface area contributed by atoms with Gasteiger partial charge in [-0.1, -0.05) is 35.8 Å². The van der Waals surface area contributed by atoms with Crippen LogP contribution in [0.4, 0.5) is 0 Å². The summed E-state index contributed by atoms with van der Waals surface area (Å²) >= 11 is 0. The number of fused-ring (bicyclic) bond motifs is 1. The van der Waals surface area contributed by atoms with Crippen molar-refractivity contribution in [1.82, 2.24) is 14.3 Å². The Bertz CT molecular complexity index is 1220. The minimum absolute atomic E-state index is 0.139. The number of imidazole rings is 1. The van der Waals surface area contributed by atoms with E-state index in [1.54, 1.807) is 0 Å². The highest BCUT2D eigenvalue weighted by molar-refractivity contribution is 5.81. The van der Waals surface area contributed by atoms with Gasteiger partial charge in [0.15, 0.2) is 0 Å². The quantitative estimate of drug-likeness (QED) is 0.744. The molecule has 3 rings (SSSR count). The van der Waals surface area contributed by atoms with Gasteiger partial charge in [0.1, 0.15) is 5.65 Å². The van der Waals surface area contributed by atoms with Gasteiger partial charge in [0.2, 0.25) is 5.91 Å². The molecule has 0 fully saturated rings. The first kappa shape index (κ1) is 8.29. The number of amides is 1. The molecule has 2 aromatic heterocycles. The van der Waals surface area contributed by atoms with Gasteiger partial charge in [0.05, 0.1) is 27.4 Å². The lowest BCUT2D eigenvalue weighted by atomic mass is 10.1. The Morgan fingerprint density at radius 2 is 1.83 bits per heavy atom. The number of carbonyl (C=O) groups excluding carboxylic acids is 1. The molecule has 1 unspecified atom stereocenters. The fourth-order valence-electron chi connectivity index (χ4n) is 2.03. The van der Waals surface area contributed by atoms with Crippen LogP contribution in [0.1, 0.15) is 27.8 Å². The fourth-order valence-corrected chi connectivity index (χ4v) is 2.03. The Hall–Kier alpha value is -2.62. The molecule has 0 aliphatic heterocycles. The zero-order chi connectivity index (χ0) is 23.5. The number of carbonyl (C=O) groups is 1. The highest BCUT2D eigenvalue weighted by Crippen LogP contribution is 2.26. The minimum Gasteiger partial charge on any atom is -0.348 e. The lowest BCUT2D eigenvalue weighted by Gasteiger charge is -2.11. The molecule has 1 amide bonds. The Balaban J connectivity index is 2.58. The van der Waals surface area contributed by atoms with Gasteiger partial charge >= 0.3 is 0 Å². The summed E-state index contributed by atoms with van der Waals surface area (Å²) in [6.45, 7) is 2.93. The molecular formula is C19H21N3O. The largest absolute Gasteiger partial charge is 0.348 e. The highest BCUT2D eigenvalue weighted by atomic mass is 16.2. The number of hydrogen-bond donors (Lipinski definition) is 0. The maximum atomic E-state index is 12.7. The SMILES string of the molecule is [2H]c1c([2H])c(-c2nc3c([2H])c([2H])c(C)c([2H])n3c2C([2H])C(=O)N(C)C)c([2H])c([2H])c1C. The molecule has 0 saturated carbocycles. The maximum Gasteiger partial charge on any atom is 0.228 e. The van der Waals surface area contributed by atoms with Crippen LogP contribution >= 0.6 is 0 Å². The van der Waals surface area contributed by atoms with Crippen LogP contribution < -0.4 is 0 Å². The minimum atomic E-state index is -1.61. The molecule has 0 spiro atoms. The summed E-state index contributed by atoms with van der Waals surface area (Å²) in [5.41, 5.74) is -0.407. The number of aromatic nitrogens is 2. The first-order valence-electron chi connectivity index (χ1n) is 11.1. The van der Waals surface area contributed by atoms with E-state index >= 15 is 0 Å².